The van der Waals surface area contributed by atoms with Gasteiger partial charge < -0.3 is 9.64 Å². The molecule has 0 radical (unpaired) electrons. The number of likely N-dealkylation sites (N-methyl/N-ethyl adjacent to an activating group) is 1. The van der Waals surface area contributed by atoms with Crippen LogP contribution in [0.4, 0.5) is 0 Å². The van der Waals surface area contributed by atoms with Gasteiger partial charge in [-0.1, -0.05) is 48.5 Å². The molecule has 0 bridgehead atoms. The van der Waals surface area contributed by atoms with Crippen LogP contribution in [0.15, 0.2) is 77.7 Å². The summed E-state index contributed by atoms with van der Waals surface area (Å²) in [6.45, 7) is 0.831. The Morgan fingerprint density at radius 2 is 1.66 bits per heavy atom. The van der Waals surface area contributed by atoms with Crippen molar-refractivity contribution >= 4 is 26.7 Å². The molecule has 0 aliphatic heterocycles. The average molecular weight is 413 g/mol. The average Bonchev–Trinajstić information content (AvgIpc) is 2.74. The maximum Gasteiger partial charge on any atom is 0.240 e. The number of nitrogens with zero attached hydrogens (tertiary/aromatic N) is 1. The Labute approximate surface area is 171 Å². The summed E-state index contributed by atoms with van der Waals surface area (Å²) in [6, 6.07) is 21.9. The second-order valence-corrected chi connectivity index (χ2v) is 8.40. The van der Waals surface area contributed by atoms with Gasteiger partial charge in [-0.05, 0) is 35.0 Å². The zero-order chi connectivity index (χ0) is 20.7. The van der Waals surface area contributed by atoms with Gasteiger partial charge in [-0.3, -0.25) is 4.79 Å². The van der Waals surface area contributed by atoms with Crippen LogP contribution in [0.1, 0.15) is 6.42 Å². The van der Waals surface area contributed by atoms with E-state index < -0.39 is 10.0 Å². The highest BCUT2D eigenvalue weighted by molar-refractivity contribution is 7.89. The number of nitrogens with one attached hydrogen (secondary N) is 1. The monoisotopic (exact) mass is 412 g/mol. The van der Waals surface area contributed by atoms with Crippen LogP contribution in [0.25, 0.3) is 10.8 Å². The van der Waals surface area contributed by atoms with Crippen LogP contribution in [0.5, 0.6) is 5.75 Å². The first-order valence-electron chi connectivity index (χ1n) is 9.36. The Morgan fingerprint density at radius 3 is 2.41 bits per heavy atom. The lowest BCUT2D eigenvalue weighted by Gasteiger charge is -2.17. The standard InChI is InChI=1S/C22H24N2O4S/c1-24(15-16-28-20-9-3-2-4-10-20)22(25)13-14-23-29(26,27)21-12-11-18-7-5-6-8-19(18)17-21/h2-12,17,23H,13-16H2,1H3. The lowest BCUT2D eigenvalue weighted by atomic mass is 10.1. The minimum Gasteiger partial charge on any atom is -0.492 e. The molecule has 3 aromatic rings. The van der Waals surface area contributed by atoms with E-state index in [1.165, 1.54) is 4.90 Å². The number of para-hydroxylation sites is 1. The number of rotatable bonds is 9. The molecular formula is C22H24N2O4S. The second kappa shape index (κ2) is 9.54. The summed E-state index contributed by atoms with van der Waals surface area (Å²) < 4.78 is 33.1. The van der Waals surface area contributed by atoms with Gasteiger partial charge in [0, 0.05) is 20.0 Å². The molecule has 0 saturated carbocycles. The van der Waals surface area contributed by atoms with Crippen molar-refractivity contribution in [2.75, 3.05) is 26.7 Å². The van der Waals surface area contributed by atoms with Gasteiger partial charge in [0.25, 0.3) is 0 Å². The number of carbonyl (C=O) groups excluding carboxylic acids is 1. The van der Waals surface area contributed by atoms with Crippen molar-refractivity contribution in [2.24, 2.45) is 0 Å². The number of ether oxygens (including phenoxy) is 1. The first-order chi connectivity index (χ1) is 14.0. The number of carbonyl (C=O) groups is 1. The predicted octanol–water partition coefficient (Wildman–Crippen LogP) is 3.05. The summed E-state index contributed by atoms with van der Waals surface area (Å²) >= 11 is 0. The van der Waals surface area contributed by atoms with E-state index in [2.05, 4.69) is 4.72 Å². The number of benzene rings is 3. The minimum absolute atomic E-state index is 0.0396. The van der Waals surface area contributed by atoms with Crippen molar-refractivity contribution in [2.45, 2.75) is 11.3 Å². The summed E-state index contributed by atoms with van der Waals surface area (Å²) in [5, 5.41) is 1.82. The highest BCUT2D eigenvalue weighted by atomic mass is 32.2. The molecule has 7 heteroatoms. The van der Waals surface area contributed by atoms with Gasteiger partial charge >= 0.3 is 0 Å². The van der Waals surface area contributed by atoms with Gasteiger partial charge in [-0.15, -0.1) is 0 Å². The molecule has 0 unspecified atom stereocenters. The first-order valence-corrected chi connectivity index (χ1v) is 10.8. The normalized spacial score (nSPS) is 11.3. The molecule has 0 aliphatic carbocycles. The van der Waals surface area contributed by atoms with Crippen molar-refractivity contribution in [1.82, 2.24) is 9.62 Å². The van der Waals surface area contributed by atoms with E-state index >= 15 is 0 Å². The van der Waals surface area contributed by atoms with Crippen LogP contribution in [0.3, 0.4) is 0 Å². The molecular weight excluding hydrogens is 388 g/mol. The van der Waals surface area contributed by atoms with Crippen molar-refractivity contribution in [1.29, 1.82) is 0 Å². The van der Waals surface area contributed by atoms with E-state index in [1.54, 1.807) is 25.2 Å². The molecule has 3 rings (SSSR count). The molecule has 3 aromatic carbocycles. The molecule has 1 N–H and O–H groups in total. The van der Waals surface area contributed by atoms with Gasteiger partial charge in [0.1, 0.15) is 12.4 Å². The summed E-state index contributed by atoms with van der Waals surface area (Å²) in [6.07, 6.45) is 0.0780. The number of hydrogen-bond acceptors (Lipinski definition) is 4. The molecule has 1 amide bonds. The molecule has 6 nitrogen and oxygen atoms in total. The van der Waals surface area contributed by atoms with Gasteiger partial charge in [-0.25, -0.2) is 13.1 Å². The summed E-state index contributed by atoms with van der Waals surface area (Å²) in [7, 11) is -2.00. The molecule has 152 valence electrons. The molecule has 0 saturated heterocycles. The van der Waals surface area contributed by atoms with Crippen LogP contribution in [0.2, 0.25) is 0 Å². The molecule has 0 aliphatic rings. The van der Waals surface area contributed by atoms with Gasteiger partial charge in [0.05, 0.1) is 11.4 Å². The van der Waals surface area contributed by atoms with Crippen molar-refractivity contribution in [3.05, 3.63) is 72.8 Å². The van der Waals surface area contributed by atoms with Gasteiger partial charge in [0.15, 0.2) is 0 Å². The smallest absolute Gasteiger partial charge is 0.240 e. The highest BCUT2D eigenvalue weighted by Crippen LogP contribution is 2.18. The fraction of sp³-hybridized carbons (Fsp3) is 0.227. The van der Waals surface area contributed by atoms with E-state index in [0.29, 0.717) is 13.2 Å². The van der Waals surface area contributed by atoms with Crippen LogP contribution in [-0.4, -0.2) is 46.0 Å². The van der Waals surface area contributed by atoms with Gasteiger partial charge in [-0.2, -0.15) is 0 Å². The number of hydrogen-bond donors (Lipinski definition) is 1. The van der Waals surface area contributed by atoms with Crippen molar-refractivity contribution in [3.8, 4) is 5.75 Å². The first kappa shape index (κ1) is 20.8. The largest absolute Gasteiger partial charge is 0.492 e. The SMILES string of the molecule is CN(CCOc1ccccc1)C(=O)CCNS(=O)(=O)c1ccc2ccccc2c1. The van der Waals surface area contributed by atoms with Crippen LogP contribution >= 0.6 is 0 Å². The van der Waals surface area contributed by atoms with E-state index in [0.717, 1.165) is 16.5 Å². The zero-order valence-electron chi connectivity index (χ0n) is 16.2. The summed E-state index contributed by atoms with van der Waals surface area (Å²) in [4.78, 5) is 13.9. The quantitative estimate of drug-likeness (QED) is 0.586. The van der Waals surface area contributed by atoms with E-state index in [4.69, 9.17) is 4.74 Å². The van der Waals surface area contributed by atoms with Crippen LogP contribution < -0.4 is 9.46 Å². The number of fused-ring (bicyclic) bond motifs is 1. The maximum atomic E-state index is 12.5. The minimum atomic E-state index is -3.67. The summed E-state index contributed by atoms with van der Waals surface area (Å²) in [5.41, 5.74) is 0. The molecule has 0 spiro atoms. The Morgan fingerprint density at radius 1 is 0.966 bits per heavy atom. The maximum absolute atomic E-state index is 12.5. The Bertz CT molecular complexity index is 1070. The lowest BCUT2D eigenvalue weighted by molar-refractivity contribution is -0.130. The lowest BCUT2D eigenvalue weighted by Crippen LogP contribution is -2.34. The number of sulfonamides is 1. The second-order valence-electron chi connectivity index (χ2n) is 6.63. The summed E-state index contributed by atoms with van der Waals surface area (Å²) in [5.74, 6) is 0.597. The topological polar surface area (TPSA) is 75.7 Å². The highest BCUT2D eigenvalue weighted by Gasteiger charge is 2.16. The molecule has 0 aromatic heterocycles. The molecule has 0 fully saturated rings. The fourth-order valence-corrected chi connectivity index (χ4v) is 3.91. The third-order valence-corrected chi connectivity index (χ3v) is 5.99. The number of amides is 1. The van der Waals surface area contributed by atoms with E-state index in [9.17, 15) is 13.2 Å². The van der Waals surface area contributed by atoms with Crippen LogP contribution in [0, 0.1) is 0 Å². The zero-order valence-corrected chi connectivity index (χ0v) is 17.1. The Hall–Kier alpha value is -2.90. The van der Waals surface area contributed by atoms with Crippen LogP contribution in [-0.2, 0) is 14.8 Å². The van der Waals surface area contributed by atoms with E-state index in [-0.39, 0.29) is 23.8 Å². The molecule has 29 heavy (non-hydrogen) atoms. The third kappa shape index (κ3) is 5.79. The van der Waals surface area contributed by atoms with E-state index in [1.807, 2.05) is 54.6 Å². The Balaban J connectivity index is 1.46. The Kier molecular flexibility index (Phi) is 6.85. The van der Waals surface area contributed by atoms with Crippen molar-refractivity contribution in [3.63, 3.8) is 0 Å². The van der Waals surface area contributed by atoms with Gasteiger partial charge in [0.2, 0.25) is 15.9 Å². The fourth-order valence-electron chi connectivity index (χ4n) is 2.84. The molecule has 0 atom stereocenters. The predicted molar refractivity (Wildman–Crippen MR) is 113 cm³/mol. The third-order valence-electron chi connectivity index (χ3n) is 4.53. The molecule has 0 heterocycles. The van der Waals surface area contributed by atoms with Crippen molar-refractivity contribution < 1.29 is 17.9 Å².